The molecule has 2 aromatic rings. The van der Waals surface area contributed by atoms with Crippen molar-refractivity contribution in [3.8, 4) is 0 Å². The molecular formula is C20H24ClN5O. The van der Waals surface area contributed by atoms with Crippen molar-refractivity contribution >= 4 is 23.2 Å². The van der Waals surface area contributed by atoms with Gasteiger partial charge in [0.25, 0.3) is 0 Å². The molecule has 0 radical (unpaired) electrons. The van der Waals surface area contributed by atoms with Gasteiger partial charge in [-0.3, -0.25) is 19.3 Å². The van der Waals surface area contributed by atoms with Gasteiger partial charge in [0.05, 0.1) is 23.1 Å². The smallest absolute Gasteiger partial charge is 0.115 e. The molecule has 0 aromatic carbocycles. The van der Waals surface area contributed by atoms with Crippen LogP contribution >= 0.6 is 11.8 Å². The molecule has 0 fully saturated rings. The highest BCUT2D eigenvalue weighted by Gasteiger charge is 2.25. The topological polar surface area (TPSA) is 55.7 Å². The van der Waals surface area contributed by atoms with Crippen LogP contribution in [0.3, 0.4) is 0 Å². The van der Waals surface area contributed by atoms with Crippen molar-refractivity contribution in [3.63, 3.8) is 0 Å². The first-order chi connectivity index (χ1) is 12.9. The second kappa shape index (κ2) is 8.41. The zero-order valence-corrected chi connectivity index (χ0v) is 16.5. The second-order valence-electron chi connectivity index (χ2n) is 6.81. The summed E-state index contributed by atoms with van der Waals surface area (Å²) in [6, 6.07) is 9.49. The summed E-state index contributed by atoms with van der Waals surface area (Å²) in [5, 5.41) is 10.2. The van der Waals surface area contributed by atoms with E-state index in [0.717, 1.165) is 17.1 Å². The number of rotatable bonds is 6. The molecule has 1 N–H and O–H groups in total. The van der Waals surface area contributed by atoms with Crippen LogP contribution in [0.25, 0.3) is 5.70 Å². The van der Waals surface area contributed by atoms with Crippen molar-refractivity contribution in [2.75, 3.05) is 32.6 Å². The van der Waals surface area contributed by atoms with Gasteiger partial charge in [-0.15, -0.1) is 0 Å². The first-order valence-corrected chi connectivity index (χ1v) is 9.07. The summed E-state index contributed by atoms with van der Waals surface area (Å²) in [6.45, 7) is 1.31. The number of aromatic nitrogens is 2. The van der Waals surface area contributed by atoms with Crippen LogP contribution in [0, 0.1) is 0 Å². The van der Waals surface area contributed by atoms with E-state index in [1.165, 1.54) is 0 Å². The van der Waals surface area contributed by atoms with Crippen LogP contribution in [0.15, 0.2) is 60.6 Å². The number of hydrogen-bond donors (Lipinski definition) is 1. The largest absolute Gasteiger partial charge is 0.508 e. The average molecular weight is 386 g/mol. The molecule has 0 spiro atoms. The Labute approximate surface area is 165 Å². The standard InChI is InChI=1S/C20H24ClN5O/c1-24(2)16-7-9-22-15(10-16)13-25(3)14-17-11-18(27)12-20(26(17)21)19-6-4-5-8-23-19/h4-12,17,27H,13-14H2,1-3H3. The van der Waals surface area contributed by atoms with Crippen molar-refractivity contribution in [1.82, 2.24) is 19.3 Å². The van der Waals surface area contributed by atoms with Crippen LogP contribution < -0.4 is 4.90 Å². The van der Waals surface area contributed by atoms with Gasteiger partial charge in [-0.25, -0.2) is 0 Å². The van der Waals surface area contributed by atoms with E-state index >= 15 is 0 Å². The maximum atomic E-state index is 10.2. The number of likely N-dealkylation sites (N-methyl/N-ethyl adjacent to an activating group) is 1. The fourth-order valence-corrected chi connectivity index (χ4v) is 3.26. The Balaban J connectivity index is 1.70. The van der Waals surface area contributed by atoms with Crippen LogP contribution in [-0.2, 0) is 6.54 Å². The molecule has 1 atom stereocenters. The Morgan fingerprint density at radius 2 is 1.96 bits per heavy atom. The maximum absolute atomic E-state index is 10.2. The molecule has 7 heteroatoms. The van der Waals surface area contributed by atoms with Crippen LogP contribution in [0.5, 0.6) is 0 Å². The van der Waals surface area contributed by atoms with E-state index in [1.807, 2.05) is 51.6 Å². The molecule has 2 aromatic heterocycles. The summed E-state index contributed by atoms with van der Waals surface area (Å²) in [5.41, 5.74) is 3.50. The van der Waals surface area contributed by atoms with Gasteiger partial charge in [0.1, 0.15) is 5.76 Å². The molecule has 142 valence electrons. The molecule has 6 nitrogen and oxygen atoms in total. The van der Waals surface area contributed by atoms with E-state index in [2.05, 4.69) is 25.8 Å². The number of nitrogens with zero attached hydrogens (tertiary/aromatic N) is 5. The monoisotopic (exact) mass is 385 g/mol. The molecule has 0 bridgehead atoms. The van der Waals surface area contributed by atoms with Crippen molar-refractivity contribution in [1.29, 1.82) is 0 Å². The number of aliphatic hydroxyl groups is 1. The summed E-state index contributed by atoms with van der Waals surface area (Å²) in [5.74, 6) is 0.193. The lowest BCUT2D eigenvalue weighted by atomic mass is 10.1. The van der Waals surface area contributed by atoms with Gasteiger partial charge < -0.3 is 10.0 Å². The molecule has 0 saturated heterocycles. The van der Waals surface area contributed by atoms with E-state index in [4.69, 9.17) is 11.8 Å². The van der Waals surface area contributed by atoms with E-state index < -0.39 is 0 Å². The molecule has 3 heterocycles. The number of hydrogen-bond acceptors (Lipinski definition) is 6. The lowest BCUT2D eigenvalue weighted by Gasteiger charge is -2.32. The minimum atomic E-state index is -0.185. The van der Waals surface area contributed by atoms with Gasteiger partial charge in [0.2, 0.25) is 0 Å². The highest BCUT2D eigenvalue weighted by atomic mass is 35.5. The Bertz CT molecular complexity index is 837. The lowest BCUT2D eigenvalue weighted by Crippen LogP contribution is -2.38. The fraction of sp³-hybridized carbons (Fsp3) is 0.300. The third kappa shape index (κ3) is 4.78. The minimum absolute atomic E-state index is 0.185. The van der Waals surface area contributed by atoms with E-state index in [1.54, 1.807) is 22.8 Å². The van der Waals surface area contributed by atoms with Crippen LogP contribution in [0.2, 0.25) is 0 Å². The molecular weight excluding hydrogens is 362 g/mol. The second-order valence-corrected chi connectivity index (χ2v) is 7.18. The predicted molar refractivity (Wildman–Crippen MR) is 109 cm³/mol. The number of aliphatic hydroxyl groups excluding tert-OH is 1. The van der Waals surface area contributed by atoms with Crippen LogP contribution in [-0.4, -0.2) is 58.1 Å². The predicted octanol–water partition coefficient (Wildman–Crippen LogP) is 3.30. The molecule has 1 aliphatic rings. The van der Waals surface area contributed by atoms with Crippen molar-refractivity contribution in [2.45, 2.75) is 12.6 Å². The van der Waals surface area contributed by atoms with Gasteiger partial charge in [-0.1, -0.05) is 6.07 Å². The Morgan fingerprint density at radius 3 is 2.67 bits per heavy atom. The highest BCUT2D eigenvalue weighted by Crippen LogP contribution is 2.29. The van der Waals surface area contributed by atoms with Gasteiger partial charge >= 0.3 is 0 Å². The summed E-state index contributed by atoms with van der Waals surface area (Å²) in [4.78, 5) is 13.0. The Morgan fingerprint density at radius 1 is 1.15 bits per heavy atom. The van der Waals surface area contributed by atoms with Crippen LogP contribution in [0.1, 0.15) is 11.4 Å². The van der Waals surface area contributed by atoms with Gasteiger partial charge in [-0.2, -0.15) is 0 Å². The summed E-state index contributed by atoms with van der Waals surface area (Å²) >= 11 is 6.58. The van der Waals surface area contributed by atoms with E-state index in [-0.39, 0.29) is 11.8 Å². The molecule has 0 aliphatic carbocycles. The van der Waals surface area contributed by atoms with Crippen molar-refractivity contribution in [3.05, 3.63) is 72.0 Å². The molecule has 1 aliphatic heterocycles. The van der Waals surface area contributed by atoms with Gasteiger partial charge in [0, 0.05) is 63.1 Å². The molecule has 27 heavy (non-hydrogen) atoms. The number of allylic oxidation sites excluding steroid dienone is 1. The normalized spacial score (nSPS) is 16.9. The minimum Gasteiger partial charge on any atom is -0.508 e. The van der Waals surface area contributed by atoms with Gasteiger partial charge in [-0.05, 0) is 37.4 Å². The summed E-state index contributed by atoms with van der Waals surface area (Å²) < 4.78 is 1.63. The first-order valence-electron chi connectivity index (χ1n) is 8.73. The Hall–Kier alpha value is -2.57. The SMILES string of the molecule is CN(Cc1cc(N(C)C)ccn1)CC1C=C(O)C=C(c2ccccn2)N1Cl. The third-order valence-electron chi connectivity index (χ3n) is 4.34. The van der Waals surface area contributed by atoms with Crippen molar-refractivity contribution in [2.24, 2.45) is 0 Å². The average Bonchev–Trinajstić information content (AvgIpc) is 2.65. The summed E-state index contributed by atoms with van der Waals surface area (Å²) in [7, 11) is 6.03. The highest BCUT2D eigenvalue weighted by molar-refractivity contribution is 6.18. The molecule has 1 unspecified atom stereocenters. The van der Waals surface area contributed by atoms with Crippen LogP contribution in [0.4, 0.5) is 5.69 Å². The number of pyridine rings is 2. The quantitative estimate of drug-likeness (QED) is 0.770. The molecule has 0 amide bonds. The summed E-state index contributed by atoms with van der Waals surface area (Å²) in [6.07, 6.45) is 6.91. The molecule has 0 saturated carbocycles. The number of anilines is 1. The zero-order chi connectivity index (χ0) is 19.4. The molecule has 3 rings (SSSR count). The maximum Gasteiger partial charge on any atom is 0.115 e. The van der Waals surface area contributed by atoms with E-state index in [0.29, 0.717) is 18.8 Å². The third-order valence-corrected chi connectivity index (χ3v) is 4.78. The van der Waals surface area contributed by atoms with E-state index in [9.17, 15) is 5.11 Å². The first kappa shape index (κ1) is 19.2. The number of halogens is 1. The van der Waals surface area contributed by atoms with Gasteiger partial charge in [0.15, 0.2) is 0 Å². The van der Waals surface area contributed by atoms with Crippen molar-refractivity contribution < 1.29 is 5.11 Å². The Kier molecular flexibility index (Phi) is 5.98. The lowest BCUT2D eigenvalue weighted by molar-refractivity contribution is 0.274. The zero-order valence-electron chi connectivity index (χ0n) is 15.7. The fourth-order valence-electron chi connectivity index (χ4n) is 3.00.